The quantitative estimate of drug-likeness (QED) is 0.753. The van der Waals surface area contributed by atoms with Crippen LogP contribution in [0.15, 0.2) is 66.8 Å². The van der Waals surface area contributed by atoms with E-state index in [2.05, 4.69) is 34.5 Å². The van der Waals surface area contributed by atoms with Gasteiger partial charge in [0.2, 0.25) is 5.91 Å². The summed E-state index contributed by atoms with van der Waals surface area (Å²) in [6.07, 6.45) is 10.3. The summed E-state index contributed by atoms with van der Waals surface area (Å²) in [4.78, 5) is 15.9. The highest BCUT2D eigenvalue weighted by Gasteiger charge is 2.55. The van der Waals surface area contributed by atoms with Crippen LogP contribution in [0, 0.1) is 5.92 Å². The summed E-state index contributed by atoms with van der Waals surface area (Å²) in [5, 5.41) is 4.40. The Morgan fingerprint density at radius 3 is 2.75 bits per heavy atom. The summed E-state index contributed by atoms with van der Waals surface area (Å²) in [7, 11) is 0. The van der Waals surface area contributed by atoms with Crippen LogP contribution in [0.3, 0.4) is 0 Å². The lowest BCUT2D eigenvalue weighted by atomic mass is 9.81. The Hall–Kier alpha value is -2.07. The summed E-state index contributed by atoms with van der Waals surface area (Å²) in [5.41, 5.74) is 2.06. The number of allylic oxidation sites excluding steroid dienone is 2. The second kappa shape index (κ2) is 6.77. The molecule has 2 aromatic carbocycles. The van der Waals surface area contributed by atoms with Crippen LogP contribution in [0.1, 0.15) is 17.5 Å². The van der Waals surface area contributed by atoms with E-state index in [0.29, 0.717) is 22.4 Å². The largest absolute Gasteiger partial charge is 0.324 e. The third-order valence-corrected chi connectivity index (χ3v) is 6.64. The number of amides is 1. The second-order valence-corrected chi connectivity index (χ2v) is 8.59. The molecule has 3 atom stereocenters. The number of fused-ring (bicyclic) bond motifs is 2. The molecule has 142 valence electrons. The monoisotopic (exact) mass is 410 g/mol. The van der Waals surface area contributed by atoms with E-state index in [0.717, 1.165) is 29.8 Å². The van der Waals surface area contributed by atoms with E-state index in [-0.39, 0.29) is 11.9 Å². The molecule has 28 heavy (non-hydrogen) atoms. The fourth-order valence-corrected chi connectivity index (χ4v) is 5.34. The maximum absolute atomic E-state index is 13.5. The Morgan fingerprint density at radius 2 is 1.89 bits per heavy atom. The molecule has 1 saturated heterocycles. The van der Waals surface area contributed by atoms with Gasteiger partial charge in [-0.1, -0.05) is 65.7 Å². The third-order valence-electron chi connectivity index (χ3n) is 6.17. The van der Waals surface area contributed by atoms with Crippen molar-refractivity contribution in [2.45, 2.75) is 24.4 Å². The number of hydrogen-bond acceptors (Lipinski definition) is 2. The molecule has 3 unspecified atom stereocenters. The molecular weight excluding hydrogens is 391 g/mol. The molecular formula is C23H20Cl2N2O. The fraction of sp³-hybridized carbons (Fsp3) is 0.261. The summed E-state index contributed by atoms with van der Waals surface area (Å²) < 4.78 is 0. The number of nitrogens with one attached hydrogen (secondary N) is 1. The number of anilines is 1. The van der Waals surface area contributed by atoms with Crippen molar-refractivity contribution in [2.75, 3.05) is 11.9 Å². The van der Waals surface area contributed by atoms with Gasteiger partial charge in [-0.05, 0) is 42.2 Å². The number of likely N-dealkylation sites (tertiary alicyclic amines) is 1. The average molecular weight is 411 g/mol. The lowest BCUT2D eigenvalue weighted by molar-refractivity contribution is -0.128. The van der Waals surface area contributed by atoms with Gasteiger partial charge in [-0.3, -0.25) is 9.69 Å². The summed E-state index contributed by atoms with van der Waals surface area (Å²) >= 11 is 12.5. The Bertz CT molecular complexity index is 1020. The maximum atomic E-state index is 13.5. The number of rotatable bonds is 3. The van der Waals surface area contributed by atoms with E-state index < -0.39 is 5.54 Å². The van der Waals surface area contributed by atoms with Gasteiger partial charge in [0.15, 0.2) is 0 Å². The molecule has 1 amide bonds. The van der Waals surface area contributed by atoms with Crippen molar-refractivity contribution in [3.63, 3.8) is 0 Å². The van der Waals surface area contributed by atoms with Crippen molar-refractivity contribution >= 4 is 34.8 Å². The van der Waals surface area contributed by atoms with Crippen LogP contribution in [-0.2, 0) is 16.8 Å². The Morgan fingerprint density at radius 1 is 1.07 bits per heavy atom. The van der Waals surface area contributed by atoms with Crippen molar-refractivity contribution < 1.29 is 4.79 Å². The van der Waals surface area contributed by atoms with Crippen LogP contribution < -0.4 is 5.32 Å². The van der Waals surface area contributed by atoms with Crippen LogP contribution in [-0.4, -0.2) is 23.4 Å². The van der Waals surface area contributed by atoms with Crippen LogP contribution in [0.2, 0.25) is 10.0 Å². The molecule has 1 N–H and O–H groups in total. The average Bonchev–Trinajstić information content (AvgIpc) is 3.21. The molecule has 0 bridgehead atoms. The number of benzene rings is 2. The van der Waals surface area contributed by atoms with Crippen LogP contribution in [0.5, 0.6) is 0 Å². The summed E-state index contributed by atoms with van der Waals surface area (Å²) in [5.74, 6) is 0.443. The number of hydrogen-bond donors (Lipinski definition) is 1. The maximum Gasteiger partial charge on any atom is 0.249 e. The normalized spacial score (nSPS) is 28.3. The first-order valence-electron chi connectivity index (χ1n) is 9.55. The van der Waals surface area contributed by atoms with Gasteiger partial charge in [-0.2, -0.15) is 0 Å². The first kappa shape index (κ1) is 18.0. The van der Waals surface area contributed by atoms with Gasteiger partial charge in [0.1, 0.15) is 5.54 Å². The molecule has 0 radical (unpaired) electrons. The first-order valence-corrected chi connectivity index (χ1v) is 10.3. The van der Waals surface area contributed by atoms with Gasteiger partial charge in [-0.25, -0.2) is 0 Å². The van der Waals surface area contributed by atoms with E-state index in [9.17, 15) is 4.79 Å². The Labute approximate surface area is 174 Å². The highest BCUT2D eigenvalue weighted by atomic mass is 35.5. The predicted molar refractivity (Wildman–Crippen MR) is 114 cm³/mol. The van der Waals surface area contributed by atoms with Crippen LogP contribution >= 0.6 is 23.2 Å². The lowest BCUT2D eigenvalue weighted by Gasteiger charge is -2.41. The molecule has 0 saturated carbocycles. The van der Waals surface area contributed by atoms with Gasteiger partial charge in [0.05, 0.1) is 0 Å². The smallest absolute Gasteiger partial charge is 0.249 e. The SMILES string of the molecule is O=C1Nc2cc(Cl)ccc2C1(Cc1cccc(Cl)c1)N1CCC2C=CC=CC21. The molecule has 2 heterocycles. The molecule has 5 rings (SSSR count). The van der Waals surface area contributed by atoms with E-state index >= 15 is 0 Å². The van der Waals surface area contributed by atoms with E-state index in [1.807, 2.05) is 42.5 Å². The predicted octanol–water partition coefficient (Wildman–Crippen LogP) is 5.20. The summed E-state index contributed by atoms with van der Waals surface area (Å²) in [6, 6.07) is 13.7. The van der Waals surface area contributed by atoms with Crippen LogP contribution in [0.25, 0.3) is 0 Å². The fourth-order valence-electron chi connectivity index (χ4n) is 4.96. The zero-order chi connectivity index (χ0) is 19.3. The summed E-state index contributed by atoms with van der Waals surface area (Å²) in [6.45, 7) is 0.861. The van der Waals surface area contributed by atoms with E-state index in [1.54, 1.807) is 0 Å². The number of carbonyl (C=O) groups is 1. The molecule has 3 nitrogen and oxygen atoms in total. The molecule has 0 spiro atoms. The molecule has 1 aliphatic carbocycles. The standard InChI is InChI=1S/C23H20Cl2N2O/c24-17-6-3-4-15(12-17)14-23(27-11-10-16-5-1-2-7-21(16)27)19-9-8-18(25)13-20(19)26-22(23)28/h1-9,12-13,16,21H,10-11,14H2,(H,26,28). The molecule has 5 heteroatoms. The second-order valence-electron chi connectivity index (χ2n) is 7.72. The Kier molecular flexibility index (Phi) is 4.35. The van der Waals surface area contributed by atoms with Crippen molar-refractivity contribution in [1.29, 1.82) is 0 Å². The Balaban J connectivity index is 1.67. The van der Waals surface area contributed by atoms with Crippen molar-refractivity contribution in [2.24, 2.45) is 5.92 Å². The van der Waals surface area contributed by atoms with Crippen LogP contribution in [0.4, 0.5) is 5.69 Å². The minimum Gasteiger partial charge on any atom is -0.324 e. The van der Waals surface area contributed by atoms with Crippen molar-refractivity contribution in [3.05, 3.63) is 87.9 Å². The van der Waals surface area contributed by atoms with Gasteiger partial charge in [-0.15, -0.1) is 0 Å². The number of nitrogens with zero attached hydrogens (tertiary/aromatic N) is 1. The zero-order valence-corrected chi connectivity index (χ0v) is 16.8. The number of carbonyl (C=O) groups excluding carboxylic acids is 1. The van der Waals surface area contributed by atoms with Crippen molar-refractivity contribution in [1.82, 2.24) is 4.90 Å². The van der Waals surface area contributed by atoms with E-state index in [4.69, 9.17) is 23.2 Å². The van der Waals surface area contributed by atoms with Gasteiger partial charge < -0.3 is 5.32 Å². The van der Waals surface area contributed by atoms with Gasteiger partial charge in [0, 0.05) is 40.3 Å². The molecule has 3 aliphatic rings. The van der Waals surface area contributed by atoms with Gasteiger partial charge in [0.25, 0.3) is 0 Å². The topological polar surface area (TPSA) is 32.3 Å². The van der Waals surface area contributed by atoms with Gasteiger partial charge >= 0.3 is 0 Å². The molecule has 1 fully saturated rings. The first-order chi connectivity index (χ1) is 13.6. The molecule has 0 aromatic heterocycles. The van der Waals surface area contributed by atoms with Crippen molar-refractivity contribution in [3.8, 4) is 0 Å². The number of halogens is 2. The highest BCUT2D eigenvalue weighted by Crippen LogP contribution is 2.48. The third kappa shape index (κ3) is 2.73. The highest BCUT2D eigenvalue weighted by molar-refractivity contribution is 6.31. The lowest BCUT2D eigenvalue weighted by Crippen LogP contribution is -2.54. The van der Waals surface area contributed by atoms with E-state index in [1.165, 1.54) is 0 Å². The zero-order valence-electron chi connectivity index (χ0n) is 15.2. The minimum absolute atomic E-state index is 0.00773. The molecule has 2 aliphatic heterocycles. The molecule has 2 aromatic rings. The minimum atomic E-state index is -0.778.